The number of hydrogen-bond donors (Lipinski definition) is 2. The van der Waals surface area contributed by atoms with E-state index in [2.05, 4.69) is 34.7 Å². The van der Waals surface area contributed by atoms with Gasteiger partial charge in [-0.05, 0) is 31.5 Å². The quantitative estimate of drug-likeness (QED) is 0.635. The summed E-state index contributed by atoms with van der Waals surface area (Å²) in [7, 11) is 1.77. The first-order valence-electron chi connectivity index (χ1n) is 7.93. The summed E-state index contributed by atoms with van der Waals surface area (Å²) in [6, 6.07) is 20.3. The fourth-order valence-electron chi connectivity index (χ4n) is 2.24. The molecule has 0 saturated heterocycles. The van der Waals surface area contributed by atoms with Gasteiger partial charge >= 0.3 is 0 Å². The van der Waals surface area contributed by atoms with E-state index in [0.717, 1.165) is 11.7 Å². The summed E-state index contributed by atoms with van der Waals surface area (Å²) in [5, 5.41) is 6.69. The van der Waals surface area contributed by atoms with Gasteiger partial charge in [0.15, 0.2) is 5.96 Å². The smallest absolute Gasteiger partial charge is 0.191 e. The minimum atomic E-state index is 0.0444. The van der Waals surface area contributed by atoms with Gasteiger partial charge in [-0.15, -0.1) is 0 Å². The Kier molecular flexibility index (Phi) is 6.48. The summed E-state index contributed by atoms with van der Waals surface area (Å²) in [6.07, 6.45) is 0.0444. The van der Waals surface area contributed by atoms with Crippen LogP contribution in [0.3, 0.4) is 0 Å². The van der Waals surface area contributed by atoms with Crippen molar-refractivity contribution in [3.63, 3.8) is 0 Å². The van der Waals surface area contributed by atoms with Crippen molar-refractivity contribution < 1.29 is 4.74 Å². The van der Waals surface area contributed by atoms with Gasteiger partial charge in [-0.3, -0.25) is 4.99 Å². The van der Waals surface area contributed by atoms with Crippen molar-refractivity contribution in [2.24, 2.45) is 4.99 Å². The molecule has 0 radical (unpaired) electrons. The molecule has 0 fully saturated rings. The predicted molar refractivity (Wildman–Crippen MR) is 95.9 cm³/mol. The second-order valence-electron chi connectivity index (χ2n) is 5.47. The third-order valence-electron chi connectivity index (χ3n) is 3.51. The van der Waals surface area contributed by atoms with Crippen molar-refractivity contribution >= 4 is 5.96 Å². The molecule has 0 aromatic heterocycles. The lowest BCUT2D eigenvalue weighted by molar-refractivity contribution is 0.223. The van der Waals surface area contributed by atoms with Gasteiger partial charge in [-0.25, -0.2) is 0 Å². The van der Waals surface area contributed by atoms with Crippen LogP contribution in [0, 0.1) is 0 Å². The molecule has 0 bridgehead atoms. The number of benzene rings is 2. The highest BCUT2D eigenvalue weighted by atomic mass is 16.5. The Labute approximate surface area is 138 Å². The number of aliphatic imine (C=N–C) groups is 1. The lowest BCUT2D eigenvalue weighted by Crippen LogP contribution is -2.42. The zero-order valence-corrected chi connectivity index (χ0v) is 14.0. The van der Waals surface area contributed by atoms with E-state index in [4.69, 9.17) is 4.74 Å². The maximum atomic E-state index is 5.85. The molecule has 0 saturated carbocycles. The van der Waals surface area contributed by atoms with Gasteiger partial charge < -0.3 is 15.4 Å². The number of rotatable bonds is 6. The Hall–Kier alpha value is -2.49. The van der Waals surface area contributed by atoms with Crippen LogP contribution in [0.15, 0.2) is 65.7 Å². The van der Waals surface area contributed by atoms with Crippen molar-refractivity contribution in [1.82, 2.24) is 10.6 Å². The van der Waals surface area contributed by atoms with E-state index in [1.165, 1.54) is 5.56 Å². The number of para-hydroxylation sites is 1. The van der Waals surface area contributed by atoms with Crippen LogP contribution in [0.2, 0.25) is 0 Å². The summed E-state index contributed by atoms with van der Waals surface area (Å²) in [5.74, 6) is 1.65. The maximum Gasteiger partial charge on any atom is 0.191 e. The van der Waals surface area contributed by atoms with E-state index in [-0.39, 0.29) is 12.1 Å². The van der Waals surface area contributed by atoms with Crippen LogP contribution in [0.25, 0.3) is 0 Å². The Balaban J connectivity index is 1.81. The molecule has 0 amide bonds. The van der Waals surface area contributed by atoms with Crippen molar-refractivity contribution in [3.8, 4) is 5.75 Å². The fourth-order valence-corrected chi connectivity index (χ4v) is 2.24. The highest BCUT2D eigenvalue weighted by Crippen LogP contribution is 2.11. The molecule has 23 heavy (non-hydrogen) atoms. The first-order valence-corrected chi connectivity index (χ1v) is 7.93. The van der Waals surface area contributed by atoms with E-state index in [0.29, 0.717) is 6.54 Å². The monoisotopic (exact) mass is 311 g/mol. The normalized spacial score (nSPS) is 14.0. The third kappa shape index (κ3) is 5.66. The molecule has 0 aliphatic heterocycles. The van der Waals surface area contributed by atoms with Gasteiger partial charge in [0, 0.05) is 7.05 Å². The summed E-state index contributed by atoms with van der Waals surface area (Å²) in [4.78, 5) is 4.27. The molecule has 4 nitrogen and oxygen atoms in total. The molecule has 2 aromatic rings. The molecule has 2 unspecified atom stereocenters. The van der Waals surface area contributed by atoms with E-state index in [1.54, 1.807) is 7.05 Å². The largest absolute Gasteiger partial charge is 0.489 e. The van der Waals surface area contributed by atoms with Crippen LogP contribution in [0.4, 0.5) is 0 Å². The van der Waals surface area contributed by atoms with E-state index in [1.807, 2.05) is 55.5 Å². The maximum absolute atomic E-state index is 5.85. The van der Waals surface area contributed by atoms with Crippen molar-refractivity contribution in [1.29, 1.82) is 0 Å². The average Bonchev–Trinajstić information content (AvgIpc) is 2.60. The zero-order valence-electron chi connectivity index (χ0n) is 14.0. The van der Waals surface area contributed by atoms with E-state index in [9.17, 15) is 0 Å². The standard InChI is InChI=1S/C19H25N3O/c1-15(23-18-12-8-5-9-13-18)14-21-19(20-3)22-16(2)17-10-6-4-7-11-17/h4-13,15-16H,14H2,1-3H3,(H2,20,21,22). The molecule has 0 aliphatic carbocycles. The lowest BCUT2D eigenvalue weighted by atomic mass is 10.1. The third-order valence-corrected chi connectivity index (χ3v) is 3.51. The predicted octanol–water partition coefficient (Wildman–Crippen LogP) is 3.38. The second kappa shape index (κ2) is 8.83. The summed E-state index contributed by atoms with van der Waals surface area (Å²) >= 11 is 0. The van der Waals surface area contributed by atoms with Crippen molar-refractivity contribution in [2.75, 3.05) is 13.6 Å². The second-order valence-corrected chi connectivity index (χ2v) is 5.47. The first-order chi connectivity index (χ1) is 11.2. The van der Waals surface area contributed by atoms with Gasteiger partial charge in [-0.2, -0.15) is 0 Å². The number of hydrogen-bond acceptors (Lipinski definition) is 2. The molecular weight excluding hydrogens is 286 g/mol. The minimum absolute atomic E-state index is 0.0444. The Morgan fingerprint density at radius 3 is 2.22 bits per heavy atom. The van der Waals surface area contributed by atoms with Crippen LogP contribution in [0.1, 0.15) is 25.5 Å². The molecule has 2 rings (SSSR count). The number of ether oxygens (including phenoxy) is 1. The molecule has 0 heterocycles. The van der Waals surface area contributed by atoms with Crippen molar-refractivity contribution in [3.05, 3.63) is 66.2 Å². The average molecular weight is 311 g/mol. The van der Waals surface area contributed by atoms with Gasteiger partial charge in [0.2, 0.25) is 0 Å². The van der Waals surface area contributed by atoms with Gasteiger partial charge in [-0.1, -0.05) is 48.5 Å². The molecule has 122 valence electrons. The molecule has 2 atom stereocenters. The molecule has 0 aliphatic rings. The number of nitrogens with zero attached hydrogens (tertiary/aromatic N) is 1. The van der Waals surface area contributed by atoms with Crippen LogP contribution in [-0.2, 0) is 0 Å². The fraction of sp³-hybridized carbons (Fsp3) is 0.316. The van der Waals surface area contributed by atoms with E-state index >= 15 is 0 Å². The topological polar surface area (TPSA) is 45.7 Å². The zero-order chi connectivity index (χ0) is 16.5. The Morgan fingerprint density at radius 2 is 1.61 bits per heavy atom. The van der Waals surface area contributed by atoms with Crippen LogP contribution < -0.4 is 15.4 Å². The van der Waals surface area contributed by atoms with Crippen LogP contribution in [0.5, 0.6) is 5.75 Å². The van der Waals surface area contributed by atoms with Gasteiger partial charge in [0.05, 0.1) is 12.6 Å². The summed E-state index contributed by atoms with van der Waals surface area (Å²) in [6.45, 7) is 4.83. The highest BCUT2D eigenvalue weighted by Gasteiger charge is 2.09. The number of nitrogens with one attached hydrogen (secondary N) is 2. The summed E-state index contributed by atoms with van der Waals surface area (Å²) in [5.41, 5.74) is 1.23. The van der Waals surface area contributed by atoms with Gasteiger partial charge in [0.25, 0.3) is 0 Å². The highest BCUT2D eigenvalue weighted by molar-refractivity contribution is 5.80. The molecular formula is C19H25N3O. The summed E-state index contributed by atoms with van der Waals surface area (Å²) < 4.78 is 5.85. The molecule has 2 N–H and O–H groups in total. The number of guanidine groups is 1. The van der Waals surface area contributed by atoms with E-state index < -0.39 is 0 Å². The van der Waals surface area contributed by atoms with Crippen LogP contribution in [-0.4, -0.2) is 25.7 Å². The Bertz CT molecular complexity index is 599. The SMILES string of the molecule is CN=C(NCC(C)Oc1ccccc1)NC(C)c1ccccc1. The first kappa shape index (κ1) is 16.9. The molecule has 2 aromatic carbocycles. The molecule has 4 heteroatoms. The lowest BCUT2D eigenvalue weighted by Gasteiger charge is -2.20. The van der Waals surface area contributed by atoms with Crippen LogP contribution >= 0.6 is 0 Å². The van der Waals surface area contributed by atoms with Crippen molar-refractivity contribution in [2.45, 2.75) is 26.0 Å². The van der Waals surface area contributed by atoms with Gasteiger partial charge in [0.1, 0.15) is 11.9 Å². The Morgan fingerprint density at radius 1 is 1.00 bits per heavy atom. The minimum Gasteiger partial charge on any atom is -0.489 e. The molecule has 0 spiro atoms.